The van der Waals surface area contributed by atoms with E-state index >= 15 is 0 Å². The van der Waals surface area contributed by atoms with Crippen LogP contribution in [-0.4, -0.2) is 39.9 Å². The molecule has 6 amide bonds. The molecule has 9 aromatic rings. The second-order valence-corrected chi connectivity index (χ2v) is 16.9. The van der Waals surface area contributed by atoms with Crippen LogP contribution < -0.4 is 21.3 Å². The Morgan fingerprint density at radius 2 is 0.880 bits per heavy atom. The second-order valence-electron chi connectivity index (χ2n) is 16.9. The van der Waals surface area contributed by atoms with Crippen molar-refractivity contribution in [1.82, 2.24) is 10.6 Å². The molecule has 370 valence electrons. The number of carbonyl (C=O) groups is 5. The minimum Gasteiger partial charge on any atom is -0.506 e. The number of nitrogens with zero attached hydrogens (tertiary/aromatic N) is 4. The average Bonchev–Trinajstić information content (AvgIpc) is 3.40. The van der Waals surface area contributed by atoms with Crippen molar-refractivity contribution in [2.45, 2.75) is 13.1 Å². The molecule has 75 heavy (non-hydrogen) atoms. The van der Waals surface area contributed by atoms with Gasteiger partial charge in [-0.25, -0.2) is 9.59 Å². The number of anilines is 2. The van der Waals surface area contributed by atoms with E-state index in [9.17, 15) is 47.4 Å². The Morgan fingerprint density at radius 3 is 1.36 bits per heavy atom. The number of phenols is 2. The number of rotatable bonds is 11. The van der Waals surface area contributed by atoms with Crippen LogP contribution in [0, 0.1) is 6.92 Å². The van der Waals surface area contributed by atoms with Crippen LogP contribution in [0.2, 0.25) is 0 Å². The molecule has 0 aliphatic heterocycles. The fraction of sp³-hybridized carbons (Fsp3) is 0.0351. The summed E-state index contributed by atoms with van der Waals surface area (Å²) in [7, 11) is 0. The molecule has 0 aliphatic rings. The van der Waals surface area contributed by atoms with Crippen LogP contribution in [-0.2, 0) is 6.18 Å². The van der Waals surface area contributed by atoms with E-state index in [1.807, 2.05) is 37.3 Å². The lowest BCUT2D eigenvalue weighted by atomic mass is 9.99. The maximum atomic E-state index is 13.5. The van der Waals surface area contributed by atoms with Gasteiger partial charge in [-0.15, -0.1) is 10.2 Å². The van der Waals surface area contributed by atoms with Crippen molar-refractivity contribution in [3.8, 4) is 22.6 Å². The van der Waals surface area contributed by atoms with Gasteiger partial charge in [0, 0.05) is 44.4 Å². The van der Waals surface area contributed by atoms with E-state index in [0.717, 1.165) is 34.9 Å². The number of aryl methyl sites for hydroxylation is 1. The summed E-state index contributed by atoms with van der Waals surface area (Å²) in [5, 5.41) is 49.8. The summed E-state index contributed by atoms with van der Waals surface area (Å²) < 4.78 is 39.2. The number of carbonyl (C=O) groups excluding carboxylic acids is 5. The van der Waals surface area contributed by atoms with Gasteiger partial charge in [-0.1, -0.05) is 78.9 Å². The number of ketones is 1. The molecule has 9 rings (SSSR count). The van der Waals surface area contributed by atoms with E-state index in [4.69, 9.17) is 0 Å². The molecular weight excluding hydrogens is 966 g/mol. The molecule has 0 saturated carbocycles. The molecule has 0 radical (unpaired) electrons. The maximum absolute atomic E-state index is 13.5. The predicted molar refractivity (Wildman–Crippen MR) is 277 cm³/mol. The van der Waals surface area contributed by atoms with Crippen molar-refractivity contribution in [1.29, 1.82) is 0 Å². The summed E-state index contributed by atoms with van der Waals surface area (Å²) in [6.07, 6.45) is -4.62. The van der Waals surface area contributed by atoms with Crippen LogP contribution in [0.15, 0.2) is 202 Å². The molecule has 0 aliphatic carbocycles. The largest absolute Gasteiger partial charge is 0.506 e. The number of alkyl halides is 3. The number of hydrogen-bond acceptors (Lipinski definition) is 11. The standard InChI is InChI=1S/C57H39F3N8O7/c1-32-4-2-6-44(28-32)61-55(74)63-53(72)39-16-24-47-37(29-39)19-27-49(70)51(47)68-66-43-22-14-36(15-23-43)52(71)35-10-8-33(9-11-35)34-12-20-42(21-13-34)65-67-50-46-25-17-40(30-38(46)18-26-48(50)69)54(73)64-56(75)62-45-7-3-5-41(31-45)57(58,59)60/h2-31,69-70H,1H3,(H2,61,63,72,74)(H2,62,64,73,75). The smallest absolute Gasteiger partial charge is 0.416 e. The summed E-state index contributed by atoms with van der Waals surface area (Å²) in [5.41, 5.74) is 4.30. The van der Waals surface area contributed by atoms with Gasteiger partial charge in [0.25, 0.3) is 11.8 Å². The van der Waals surface area contributed by atoms with E-state index in [-0.39, 0.29) is 45.5 Å². The number of phenolic OH excluding ortho intramolecular Hbond substituents is 2. The Hall–Kier alpha value is -10.4. The third kappa shape index (κ3) is 11.7. The van der Waals surface area contributed by atoms with Gasteiger partial charge in [0.15, 0.2) is 5.78 Å². The van der Waals surface area contributed by atoms with Gasteiger partial charge in [-0.3, -0.25) is 25.0 Å². The number of hydrogen-bond donors (Lipinski definition) is 6. The molecule has 0 bridgehead atoms. The summed E-state index contributed by atoms with van der Waals surface area (Å²) >= 11 is 0. The molecule has 6 N–H and O–H groups in total. The molecule has 18 heteroatoms. The third-order valence-corrected chi connectivity index (χ3v) is 11.7. The number of aromatic hydroxyl groups is 2. The van der Waals surface area contributed by atoms with Crippen molar-refractivity contribution in [2.75, 3.05) is 10.6 Å². The summed E-state index contributed by atoms with van der Waals surface area (Å²) in [6.45, 7) is 1.88. The SMILES string of the molecule is Cc1cccc(NC(=O)NC(=O)c2ccc3c(N=Nc4ccc(C(=O)c5ccc(-c6ccc(N=Nc7c(O)ccc8cc(C(=O)NC(=O)Nc9cccc(C(F)(F)F)c9)ccc78)cc6)cc5)cc4)c(O)ccc3c2)c1. The fourth-order valence-corrected chi connectivity index (χ4v) is 7.86. The first-order valence-electron chi connectivity index (χ1n) is 22.7. The normalized spacial score (nSPS) is 11.5. The highest BCUT2D eigenvalue weighted by Gasteiger charge is 2.30. The fourth-order valence-electron chi connectivity index (χ4n) is 7.86. The highest BCUT2D eigenvalue weighted by molar-refractivity contribution is 6.12. The van der Waals surface area contributed by atoms with Gasteiger partial charge in [0.1, 0.15) is 22.9 Å². The van der Waals surface area contributed by atoms with Gasteiger partial charge >= 0.3 is 18.2 Å². The first-order chi connectivity index (χ1) is 36.0. The molecule has 9 aromatic carbocycles. The Kier molecular flexibility index (Phi) is 14.0. The zero-order valence-corrected chi connectivity index (χ0v) is 39.2. The summed E-state index contributed by atoms with van der Waals surface area (Å²) in [4.78, 5) is 64.2. The molecule has 0 atom stereocenters. The van der Waals surface area contributed by atoms with Crippen LogP contribution in [0.3, 0.4) is 0 Å². The first kappa shape index (κ1) is 49.6. The molecule has 0 saturated heterocycles. The molecule has 0 spiro atoms. The summed E-state index contributed by atoms with van der Waals surface area (Å²) in [5.74, 6) is -1.99. The maximum Gasteiger partial charge on any atom is 0.416 e. The molecule has 15 nitrogen and oxygen atoms in total. The van der Waals surface area contributed by atoms with Crippen LogP contribution >= 0.6 is 0 Å². The molecular formula is C57H39F3N8O7. The molecule has 0 unspecified atom stereocenters. The predicted octanol–water partition coefficient (Wildman–Crippen LogP) is 14.4. The zero-order chi connectivity index (χ0) is 52.8. The highest BCUT2D eigenvalue weighted by atomic mass is 19.4. The van der Waals surface area contributed by atoms with Crippen molar-refractivity contribution in [2.24, 2.45) is 20.5 Å². The van der Waals surface area contributed by atoms with Crippen molar-refractivity contribution in [3.05, 3.63) is 215 Å². The van der Waals surface area contributed by atoms with E-state index in [1.165, 1.54) is 42.5 Å². The van der Waals surface area contributed by atoms with Gasteiger partial charge in [0.05, 0.1) is 16.9 Å². The van der Waals surface area contributed by atoms with Crippen LogP contribution in [0.1, 0.15) is 47.8 Å². The Bertz CT molecular complexity index is 3790. The lowest BCUT2D eigenvalue weighted by Gasteiger charge is -2.11. The first-order valence-corrected chi connectivity index (χ1v) is 22.7. The molecule has 0 fully saturated rings. The minimum absolute atomic E-state index is 0.0614. The van der Waals surface area contributed by atoms with E-state index in [0.29, 0.717) is 49.7 Å². The van der Waals surface area contributed by atoms with Gasteiger partial charge in [-0.05, 0) is 138 Å². The van der Waals surface area contributed by atoms with Crippen LogP contribution in [0.5, 0.6) is 11.5 Å². The quantitative estimate of drug-likeness (QED) is 0.0542. The van der Waals surface area contributed by atoms with E-state index < -0.39 is 35.6 Å². The van der Waals surface area contributed by atoms with Crippen LogP contribution in [0.4, 0.5) is 56.9 Å². The number of fused-ring (bicyclic) bond motifs is 2. The molecule has 0 aromatic heterocycles. The zero-order valence-electron chi connectivity index (χ0n) is 39.2. The monoisotopic (exact) mass is 1000 g/mol. The molecule has 0 heterocycles. The van der Waals surface area contributed by atoms with E-state index in [2.05, 4.69) is 41.7 Å². The van der Waals surface area contributed by atoms with Gasteiger partial charge < -0.3 is 20.8 Å². The topological polar surface area (TPSA) is 223 Å². The Labute approximate surface area is 424 Å². The number of nitrogens with one attached hydrogen (secondary N) is 4. The second kappa shape index (κ2) is 21.2. The summed E-state index contributed by atoms with van der Waals surface area (Å²) in [6, 6.07) is 45.1. The highest BCUT2D eigenvalue weighted by Crippen LogP contribution is 2.39. The average molecular weight is 1000 g/mol. The van der Waals surface area contributed by atoms with Gasteiger partial charge in [-0.2, -0.15) is 23.4 Å². The number of benzene rings is 9. The lowest BCUT2D eigenvalue weighted by Crippen LogP contribution is -2.34. The van der Waals surface area contributed by atoms with Crippen LogP contribution in [0.25, 0.3) is 32.7 Å². The van der Waals surface area contributed by atoms with Crippen molar-refractivity contribution >= 4 is 85.3 Å². The van der Waals surface area contributed by atoms with Crippen molar-refractivity contribution < 1.29 is 47.4 Å². The van der Waals surface area contributed by atoms with E-state index in [1.54, 1.807) is 91.0 Å². The lowest BCUT2D eigenvalue weighted by molar-refractivity contribution is -0.137. The number of amides is 6. The number of imide groups is 2. The number of azo groups is 2. The Balaban J connectivity index is 0.802. The minimum atomic E-state index is -4.62. The Morgan fingerprint density at radius 1 is 0.453 bits per heavy atom. The number of halogens is 3. The third-order valence-electron chi connectivity index (χ3n) is 11.7. The number of urea groups is 2. The van der Waals surface area contributed by atoms with Gasteiger partial charge in [0.2, 0.25) is 0 Å². The van der Waals surface area contributed by atoms with Crippen molar-refractivity contribution in [3.63, 3.8) is 0 Å².